The monoisotopic (exact) mass is 360 g/mol. The third-order valence-electron chi connectivity index (χ3n) is 2.09. The number of carbonyl (C=O) groups excluding carboxylic acids is 2. The molecule has 0 fully saturated rings. The van der Waals surface area contributed by atoms with Crippen LogP contribution in [-0.2, 0) is 16.1 Å². The normalized spacial score (nSPS) is 10.5. The summed E-state index contributed by atoms with van der Waals surface area (Å²) in [4.78, 5) is 23.5. The SMILES string of the molecule is NC(=O)CSc1nnc(SCC(=O)NCc2cccs2)s1. The van der Waals surface area contributed by atoms with E-state index in [1.165, 1.54) is 34.9 Å². The number of carbonyl (C=O) groups is 2. The van der Waals surface area contributed by atoms with Crippen LogP contribution in [0.15, 0.2) is 26.2 Å². The Labute approximate surface area is 137 Å². The van der Waals surface area contributed by atoms with Crippen LogP contribution in [0.5, 0.6) is 0 Å². The maximum absolute atomic E-state index is 11.7. The summed E-state index contributed by atoms with van der Waals surface area (Å²) >= 11 is 5.54. The smallest absolute Gasteiger partial charge is 0.230 e. The zero-order valence-corrected chi connectivity index (χ0v) is 14.0. The van der Waals surface area contributed by atoms with Gasteiger partial charge in [0.15, 0.2) is 8.68 Å². The molecule has 0 aliphatic rings. The van der Waals surface area contributed by atoms with Gasteiger partial charge in [0, 0.05) is 4.88 Å². The van der Waals surface area contributed by atoms with Gasteiger partial charge < -0.3 is 11.1 Å². The standard InChI is InChI=1S/C11H12N4O2S4/c12-8(16)5-19-10-14-15-11(21-10)20-6-9(17)13-4-7-2-1-3-18-7/h1-3H,4-6H2,(H2,12,16)(H,13,17). The highest BCUT2D eigenvalue weighted by Gasteiger charge is 2.09. The van der Waals surface area contributed by atoms with E-state index >= 15 is 0 Å². The van der Waals surface area contributed by atoms with Crippen LogP contribution in [-0.4, -0.2) is 33.5 Å². The fraction of sp³-hybridized carbons (Fsp3) is 0.273. The lowest BCUT2D eigenvalue weighted by molar-refractivity contribution is -0.118. The Kier molecular flexibility index (Phi) is 6.49. The summed E-state index contributed by atoms with van der Waals surface area (Å²) in [5.41, 5.74) is 5.06. The molecule has 0 radical (unpaired) electrons. The highest BCUT2D eigenvalue weighted by molar-refractivity contribution is 8.03. The number of thioether (sulfide) groups is 2. The van der Waals surface area contributed by atoms with E-state index in [2.05, 4.69) is 15.5 Å². The number of nitrogens with one attached hydrogen (secondary N) is 1. The molecule has 0 saturated heterocycles. The number of thiophene rings is 1. The number of rotatable bonds is 8. The fourth-order valence-corrected chi connectivity index (χ4v) is 4.46. The summed E-state index contributed by atoms with van der Waals surface area (Å²) in [6.45, 7) is 0.549. The first-order valence-electron chi connectivity index (χ1n) is 5.80. The van der Waals surface area contributed by atoms with Gasteiger partial charge in [0.2, 0.25) is 11.8 Å². The molecule has 21 heavy (non-hydrogen) atoms. The molecule has 0 atom stereocenters. The Morgan fingerprint density at radius 2 is 1.95 bits per heavy atom. The molecule has 0 aromatic carbocycles. The summed E-state index contributed by atoms with van der Waals surface area (Å²) in [7, 11) is 0. The van der Waals surface area contributed by atoms with E-state index in [0.29, 0.717) is 21.0 Å². The average molecular weight is 361 g/mol. The van der Waals surface area contributed by atoms with Crippen LogP contribution in [0.25, 0.3) is 0 Å². The van der Waals surface area contributed by atoms with Gasteiger partial charge in [0.05, 0.1) is 18.1 Å². The molecule has 0 unspecified atom stereocenters. The Bertz CT molecular complexity index is 599. The second-order valence-corrected chi connectivity index (χ2v) is 8.19. The number of aromatic nitrogens is 2. The number of amides is 2. The van der Waals surface area contributed by atoms with Crippen LogP contribution in [0.3, 0.4) is 0 Å². The Balaban J connectivity index is 1.70. The first-order valence-corrected chi connectivity index (χ1v) is 9.46. The van der Waals surface area contributed by atoms with Crippen LogP contribution < -0.4 is 11.1 Å². The van der Waals surface area contributed by atoms with E-state index in [0.717, 1.165) is 4.88 Å². The van der Waals surface area contributed by atoms with Crippen LogP contribution in [0, 0.1) is 0 Å². The average Bonchev–Trinajstić information content (AvgIpc) is 3.12. The predicted octanol–water partition coefficient (Wildman–Crippen LogP) is 1.59. The first-order chi connectivity index (χ1) is 10.1. The van der Waals surface area contributed by atoms with Crippen molar-refractivity contribution < 1.29 is 9.59 Å². The second kappa shape index (κ2) is 8.37. The third kappa shape index (κ3) is 6.04. The molecule has 0 aliphatic carbocycles. The van der Waals surface area contributed by atoms with Gasteiger partial charge >= 0.3 is 0 Å². The number of nitrogens with two attached hydrogens (primary N) is 1. The van der Waals surface area contributed by atoms with Gasteiger partial charge in [0.25, 0.3) is 0 Å². The van der Waals surface area contributed by atoms with E-state index in [4.69, 9.17) is 5.73 Å². The first kappa shape index (κ1) is 16.3. The van der Waals surface area contributed by atoms with Crippen molar-refractivity contribution in [3.63, 3.8) is 0 Å². The predicted molar refractivity (Wildman–Crippen MR) is 86.7 cm³/mol. The Morgan fingerprint density at radius 1 is 1.24 bits per heavy atom. The van der Waals surface area contributed by atoms with E-state index < -0.39 is 5.91 Å². The minimum atomic E-state index is -0.391. The van der Waals surface area contributed by atoms with Crippen molar-refractivity contribution in [2.24, 2.45) is 5.73 Å². The van der Waals surface area contributed by atoms with E-state index in [9.17, 15) is 9.59 Å². The van der Waals surface area contributed by atoms with Crippen molar-refractivity contribution in [1.29, 1.82) is 0 Å². The number of primary amides is 1. The van der Waals surface area contributed by atoms with Crippen molar-refractivity contribution in [3.8, 4) is 0 Å². The summed E-state index contributed by atoms with van der Waals surface area (Å²) in [6, 6.07) is 3.93. The van der Waals surface area contributed by atoms with Crippen LogP contribution in [0.4, 0.5) is 0 Å². The molecule has 2 amide bonds. The molecule has 2 aromatic heterocycles. The molecule has 0 spiro atoms. The van der Waals surface area contributed by atoms with Gasteiger partial charge in [-0.05, 0) is 11.4 Å². The zero-order chi connectivity index (χ0) is 15.1. The van der Waals surface area contributed by atoms with Crippen molar-refractivity contribution >= 4 is 58.0 Å². The highest BCUT2D eigenvalue weighted by atomic mass is 32.2. The minimum absolute atomic E-state index is 0.0464. The molecule has 3 N–H and O–H groups in total. The maximum atomic E-state index is 11.7. The van der Waals surface area contributed by atoms with Crippen molar-refractivity contribution in [1.82, 2.24) is 15.5 Å². The second-order valence-electron chi connectivity index (χ2n) is 3.73. The lowest BCUT2D eigenvalue weighted by Crippen LogP contribution is -2.24. The molecule has 10 heteroatoms. The lowest BCUT2D eigenvalue weighted by Gasteiger charge is -2.01. The van der Waals surface area contributed by atoms with Crippen molar-refractivity contribution in [2.45, 2.75) is 15.2 Å². The maximum Gasteiger partial charge on any atom is 0.230 e. The third-order valence-corrected chi connectivity index (χ3v) is 6.18. The molecule has 0 aliphatic heterocycles. The quantitative estimate of drug-likeness (QED) is 0.694. The van der Waals surface area contributed by atoms with Crippen molar-refractivity contribution in [3.05, 3.63) is 22.4 Å². The zero-order valence-electron chi connectivity index (χ0n) is 10.8. The van der Waals surface area contributed by atoms with Crippen LogP contribution in [0.1, 0.15) is 4.88 Å². The van der Waals surface area contributed by atoms with E-state index in [1.54, 1.807) is 11.3 Å². The van der Waals surface area contributed by atoms with Gasteiger partial charge in [-0.25, -0.2) is 0 Å². The minimum Gasteiger partial charge on any atom is -0.369 e. The summed E-state index contributed by atoms with van der Waals surface area (Å²) < 4.78 is 1.38. The fourth-order valence-electron chi connectivity index (χ4n) is 1.22. The largest absolute Gasteiger partial charge is 0.369 e. The topological polar surface area (TPSA) is 98.0 Å². The van der Waals surface area contributed by atoms with Gasteiger partial charge in [-0.2, -0.15) is 0 Å². The summed E-state index contributed by atoms with van der Waals surface area (Å²) in [6.07, 6.45) is 0. The Hall–Kier alpha value is -1.10. The van der Waals surface area contributed by atoms with Crippen molar-refractivity contribution in [2.75, 3.05) is 11.5 Å². The highest BCUT2D eigenvalue weighted by Crippen LogP contribution is 2.28. The lowest BCUT2D eigenvalue weighted by atomic mass is 10.4. The molecule has 2 aromatic rings. The number of nitrogens with zero attached hydrogens (tertiary/aromatic N) is 2. The number of hydrogen-bond donors (Lipinski definition) is 2. The Morgan fingerprint density at radius 3 is 2.57 bits per heavy atom. The molecule has 6 nitrogen and oxygen atoms in total. The van der Waals surface area contributed by atoms with E-state index in [1.807, 2.05) is 17.5 Å². The molecular formula is C11H12N4O2S4. The molecule has 112 valence electrons. The molecule has 0 bridgehead atoms. The van der Waals surface area contributed by atoms with Gasteiger partial charge in [-0.15, -0.1) is 21.5 Å². The van der Waals surface area contributed by atoms with Gasteiger partial charge in [0.1, 0.15) is 0 Å². The summed E-state index contributed by atoms with van der Waals surface area (Å²) in [5, 5.41) is 12.7. The van der Waals surface area contributed by atoms with Gasteiger partial charge in [-0.1, -0.05) is 40.9 Å². The van der Waals surface area contributed by atoms with Gasteiger partial charge in [-0.3, -0.25) is 9.59 Å². The van der Waals surface area contributed by atoms with Crippen LogP contribution in [0.2, 0.25) is 0 Å². The molecule has 0 saturated carbocycles. The summed E-state index contributed by atoms with van der Waals surface area (Å²) in [5.74, 6) is 0.0356. The van der Waals surface area contributed by atoms with E-state index in [-0.39, 0.29) is 11.7 Å². The van der Waals surface area contributed by atoms with Crippen LogP contribution >= 0.6 is 46.2 Å². The molecule has 2 heterocycles. The number of hydrogen-bond acceptors (Lipinski definition) is 8. The molecular weight excluding hydrogens is 348 g/mol. The molecule has 2 rings (SSSR count).